The first-order chi connectivity index (χ1) is 7.23. The van der Waals surface area contributed by atoms with Crippen LogP contribution in [0.25, 0.3) is 0 Å². The maximum Gasteiger partial charge on any atom is 0.224 e. The largest absolute Gasteiger partial charge is 0.355 e. The van der Waals surface area contributed by atoms with E-state index in [9.17, 15) is 0 Å². The number of rotatable bonds is 2. The molecule has 0 radical (unpaired) electrons. The molecule has 0 N–H and O–H groups in total. The van der Waals surface area contributed by atoms with Crippen molar-refractivity contribution in [3.05, 3.63) is 16.0 Å². The highest BCUT2D eigenvalue weighted by Gasteiger charge is 2.26. The molecular weight excluding hydrogens is 289 g/mol. The van der Waals surface area contributed by atoms with E-state index in [1.54, 1.807) is 6.20 Å². The first kappa shape index (κ1) is 13.7. The van der Waals surface area contributed by atoms with Gasteiger partial charge in [0.15, 0.2) is 0 Å². The number of hydrogen-bond donors (Lipinski definition) is 0. The third-order valence-corrected chi connectivity index (χ3v) is 3.61. The Balaban J connectivity index is 3.05. The Bertz CT molecular complexity index is 376. The van der Waals surface area contributed by atoms with E-state index in [1.165, 1.54) is 0 Å². The van der Waals surface area contributed by atoms with E-state index in [-0.39, 0.29) is 10.7 Å². The molecule has 0 fully saturated rings. The van der Waals surface area contributed by atoms with E-state index in [2.05, 4.69) is 58.5 Å². The highest BCUT2D eigenvalue weighted by Crippen LogP contribution is 2.30. The smallest absolute Gasteiger partial charge is 0.224 e. The second-order valence-electron chi connectivity index (χ2n) is 4.96. The Hall–Kier alpha value is -0.350. The standard InChI is InChI=1S/C11H17BrClN3/c1-7(11(2,3)4)16(5)9-8(12)6-14-10(13)15-9/h6-7H,1-5H3. The van der Waals surface area contributed by atoms with Gasteiger partial charge in [0.1, 0.15) is 5.82 Å². The molecule has 1 rings (SSSR count). The van der Waals surface area contributed by atoms with Gasteiger partial charge in [-0.2, -0.15) is 4.98 Å². The number of hydrogen-bond acceptors (Lipinski definition) is 3. The second kappa shape index (κ2) is 4.88. The van der Waals surface area contributed by atoms with Gasteiger partial charge in [-0.25, -0.2) is 4.98 Å². The lowest BCUT2D eigenvalue weighted by molar-refractivity contribution is 0.328. The van der Waals surface area contributed by atoms with Crippen molar-refractivity contribution >= 4 is 33.3 Å². The van der Waals surface area contributed by atoms with E-state index in [4.69, 9.17) is 11.6 Å². The van der Waals surface area contributed by atoms with E-state index in [0.717, 1.165) is 10.3 Å². The lowest BCUT2D eigenvalue weighted by atomic mass is 9.87. The van der Waals surface area contributed by atoms with Crippen molar-refractivity contribution in [1.29, 1.82) is 0 Å². The van der Waals surface area contributed by atoms with Crippen LogP contribution >= 0.6 is 27.5 Å². The summed E-state index contributed by atoms with van der Waals surface area (Å²) >= 11 is 9.25. The van der Waals surface area contributed by atoms with Crippen LogP contribution in [-0.2, 0) is 0 Å². The fourth-order valence-electron chi connectivity index (χ4n) is 1.35. The van der Waals surface area contributed by atoms with Gasteiger partial charge in [-0.1, -0.05) is 20.8 Å². The van der Waals surface area contributed by atoms with Crippen molar-refractivity contribution in [3.63, 3.8) is 0 Å². The summed E-state index contributed by atoms with van der Waals surface area (Å²) in [6.07, 6.45) is 1.68. The Kier molecular flexibility index (Phi) is 4.18. The highest BCUT2D eigenvalue weighted by molar-refractivity contribution is 9.10. The summed E-state index contributed by atoms with van der Waals surface area (Å²) in [5, 5.41) is 0.270. The predicted molar refractivity (Wildman–Crippen MR) is 72.1 cm³/mol. The lowest BCUT2D eigenvalue weighted by Gasteiger charge is -2.36. The minimum atomic E-state index is 0.172. The molecule has 1 aromatic heterocycles. The van der Waals surface area contributed by atoms with Crippen molar-refractivity contribution in [3.8, 4) is 0 Å². The molecule has 3 nitrogen and oxygen atoms in total. The van der Waals surface area contributed by atoms with Gasteiger partial charge >= 0.3 is 0 Å². The summed E-state index contributed by atoms with van der Waals surface area (Å²) in [7, 11) is 2.01. The topological polar surface area (TPSA) is 29.0 Å². The normalized spacial score (nSPS) is 13.7. The van der Waals surface area contributed by atoms with Gasteiger partial charge in [-0.05, 0) is 39.9 Å². The second-order valence-corrected chi connectivity index (χ2v) is 6.16. The molecule has 0 spiro atoms. The first-order valence-corrected chi connectivity index (χ1v) is 6.31. The first-order valence-electron chi connectivity index (χ1n) is 5.14. The fourth-order valence-corrected chi connectivity index (χ4v) is 1.95. The molecule has 0 bridgehead atoms. The third kappa shape index (κ3) is 3.08. The average Bonchev–Trinajstić information content (AvgIpc) is 2.18. The number of anilines is 1. The van der Waals surface area contributed by atoms with E-state index >= 15 is 0 Å². The summed E-state index contributed by atoms with van der Waals surface area (Å²) < 4.78 is 0.857. The van der Waals surface area contributed by atoms with Gasteiger partial charge in [0, 0.05) is 19.3 Å². The maximum atomic E-state index is 5.81. The van der Waals surface area contributed by atoms with Crippen LogP contribution in [0.3, 0.4) is 0 Å². The SMILES string of the molecule is CC(N(C)c1nc(Cl)ncc1Br)C(C)(C)C. The minimum absolute atomic E-state index is 0.172. The van der Waals surface area contributed by atoms with Gasteiger partial charge in [0.25, 0.3) is 0 Å². The molecule has 0 aliphatic heterocycles. The molecule has 0 amide bonds. The molecule has 1 heterocycles. The molecule has 0 saturated carbocycles. The molecular formula is C11H17BrClN3. The molecule has 0 aromatic carbocycles. The highest BCUT2D eigenvalue weighted by atomic mass is 79.9. The number of aromatic nitrogens is 2. The molecule has 16 heavy (non-hydrogen) atoms. The maximum absolute atomic E-state index is 5.81. The van der Waals surface area contributed by atoms with Crippen LogP contribution in [0.2, 0.25) is 5.28 Å². The quantitative estimate of drug-likeness (QED) is 0.779. The Morgan fingerprint density at radius 3 is 2.50 bits per heavy atom. The molecule has 5 heteroatoms. The van der Waals surface area contributed by atoms with Crippen molar-refractivity contribution in [2.45, 2.75) is 33.7 Å². The fraction of sp³-hybridized carbons (Fsp3) is 0.636. The molecule has 1 unspecified atom stereocenters. The van der Waals surface area contributed by atoms with Gasteiger partial charge < -0.3 is 4.90 Å². The molecule has 1 atom stereocenters. The van der Waals surface area contributed by atoms with Crippen LogP contribution in [0.4, 0.5) is 5.82 Å². The number of nitrogens with zero attached hydrogens (tertiary/aromatic N) is 3. The van der Waals surface area contributed by atoms with Gasteiger partial charge in [-0.3, -0.25) is 0 Å². The van der Waals surface area contributed by atoms with Crippen LogP contribution in [0.15, 0.2) is 10.7 Å². The van der Waals surface area contributed by atoms with Gasteiger partial charge in [0.2, 0.25) is 5.28 Å². The average molecular weight is 307 g/mol. The summed E-state index contributed by atoms with van der Waals surface area (Å²) in [5.41, 5.74) is 0.172. The molecule has 0 aliphatic carbocycles. The minimum Gasteiger partial charge on any atom is -0.355 e. The zero-order valence-electron chi connectivity index (χ0n) is 10.3. The van der Waals surface area contributed by atoms with Crippen molar-refractivity contribution in [2.75, 3.05) is 11.9 Å². The van der Waals surface area contributed by atoms with Crippen LogP contribution in [0, 0.1) is 5.41 Å². The molecule has 90 valence electrons. The molecule has 1 aromatic rings. The summed E-state index contributed by atoms with van der Waals surface area (Å²) in [6.45, 7) is 8.77. The monoisotopic (exact) mass is 305 g/mol. The molecule has 0 saturated heterocycles. The predicted octanol–water partition coefficient (Wildman–Crippen LogP) is 3.76. The Morgan fingerprint density at radius 2 is 2.00 bits per heavy atom. The van der Waals surface area contributed by atoms with Crippen LogP contribution < -0.4 is 4.90 Å². The zero-order valence-corrected chi connectivity index (χ0v) is 12.6. The third-order valence-electron chi connectivity index (χ3n) is 2.86. The summed E-state index contributed by atoms with van der Waals surface area (Å²) in [5.74, 6) is 0.822. The summed E-state index contributed by atoms with van der Waals surface area (Å²) in [4.78, 5) is 10.3. The van der Waals surface area contributed by atoms with Gasteiger partial charge in [0.05, 0.1) is 4.47 Å². The van der Waals surface area contributed by atoms with Crippen molar-refractivity contribution < 1.29 is 0 Å². The van der Waals surface area contributed by atoms with E-state index < -0.39 is 0 Å². The van der Waals surface area contributed by atoms with Crippen LogP contribution in [0.1, 0.15) is 27.7 Å². The van der Waals surface area contributed by atoms with Crippen molar-refractivity contribution in [1.82, 2.24) is 9.97 Å². The van der Waals surface area contributed by atoms with Gasteiger partial charge in [-0.15, -0.1) is 0 Å². The zero-order chi connectivity index (χ0) is 12.5. The van der Waals surface area contributed by atoms with Crippen molar-refractivity contribution in [2.24, 2.45) is 5.41 Å². The Morgan fingerprint density at radius 1 is 1.44 bits per heavy atom. The number of halogens is 2. The Labute approximate surface area is 110 Å². The lowest BCUT2D eigenvalue weighted by Crippen LogP contribution is -2.40. The van der Waals surface area contributed by atoms with E-state index in [1.807, 2.05) is 7.05 Å². The molecule has 0 aliphatic rings. The van der Waals surface area contributed by atoms with E-state index in [0.29, 0.717) is 6.04 Å². The van der Waals surface area contributed by atoms with Crippen LogP contribution in [0.5, 0.6) is 0 Å². The van der Waals surface area contributed by atoms with Crippen LogP contribution in [-0.4, -0.2) is 23.1 Å². The summed E-state index contributed by atoms with van der Waals surface area (Å²) in [6, 6.07) is 0.342.